The summed E-state index contributed by atoms with van der Waals surface area (Å²) in [7, 11) is 0. The van der Waals surface area contributed by atoms with Crippen LogP contribution in [0.1, 0.15) is 35.7 Å². The molecule has 0 amide bonds. The lowest BCUT2D eigenvalue weighted by atomic mass is 10.0. The van der Waals surface area contributed by atoms with E-state index in [1.165, 1.54) is 0 Å². The summed E-state index contributed by atoms with van der Waals surface area (Å²) in [5.74, 6) is -4.29. The Morgan fingerprint density at radius 2 is 2.06 bits per heavy atom. The number of aromatic nitrogens is 1. The summed E-state index contributed by atoms with van der Waals surface area (Å²) < 4.78 is 48.4. The number of halogens is 3. The summed E-state index contributed by atoms with van der Waals surface area (Å²) in [6, 6.07) is 5.20. The van der Waals surface area contributed by atoms with E-state index in [0.29, 0.717) is 25.1 Å². The number of esters is 2. The van der Waals surface area contributed by atoms with E-state index in [1.807, 2.05) is 6.07 Å². The van der Waals surface area contributed by atoms with Crippen molar-refractivity contribution in [3.63, 3.8) is 0 Å². The summed E-state index contributed by atoms with van der Waals surface area (Å²) in [5, 5.41) is 3.39. The zero-order valence-electron chi connectivity index (χ0n) is 17.0. The van der Waals surface area contributed by atoms with Crippen molar-refractivity contribution >= 4 is 22.8 Å². The Balaban J connectivity index is 1.80. The molecular formula is C21H23F3N2O5. The summed E-state index contributed by atoms with van der Waals surface area (Å²) in [6.07, 6.45) is -1.68. The molecule has 3 rings (SSSR count). The number of benzene rings is 1. The minimum atomic E-state index is -5.33. The molecule has 10 heteroatoms. The molecule has 1 N–H and O–H groups in total. The molecule has 1 aromatic carbocycles. The highest BCUT2D eigenvalue weighted by Crippen LogP contribution is 2.19. The number of carbonyl (C=O) groups is 2. The highest BCUT2D eigenvalue weighted by molar-refractivity contribution is 6.00. The quantitative estimate of drug-likeness (QED) is 0.405. The number of fused-ring (bicyclic) bond motifs is 1. The molecule has 1 fully saturated rings. The van der Waals surface area contributed by atoms with Crippen LogP contribution in [0.3, 0.4) is 0 Å². The first-order valence-corrected chi connectivity index (χ1v) is 10.0. The van der Waals surface area contributed by atoms with Gasteiger partial charge in [-0.1, -0.05) is 6.07 Å². The molecule has 1 unspecified atom stereocenters. The van der Waals surface area contributed by atoms with Crippen LogP contribution in [0.25, 0.3) is 10.9 Å². The molecule has 2 aromatic rings. The number of ether oxygens (including phenoxy) is 2. The summed E-state index contributed by atoms with van der Waals surface area (Å²) in [6.45, 7) is 4.45. The first-order valence-electron chi connectivity index (χ1n) is 10.0. The van der Waals surface area contributed by atoms with Crippen molar-refractivity contribution in [3.8, 4) is 0 Å². The van der Waals surface area contributed by atoms with Crippen LogP contribution in [-0.4, -0.2) is 48.5 Å². The number of nitrogens with one attached hydrogen (secondary N) is 1. The number of aryl methyl sites for hydroxylation is 2. The third kappa shape index (κ3) is 5.50. The largest absolute Gasteiger partial charge is 0.491 e. The third-order valence-corrected chi connectivity index (χ3v) is 5.10. The minimum Gasteiger partial charge on any atom is -0.382 e. The molecule has 0 aliphatic carbocycles. The molecular weight excluding hydrogens is 417 g/mol. The van der Waals surface area contributed by atoms with Crippen LogP contribution < -0.4 is 10.7 Å². The standard InChI is InChI=1S/C21H23F3N2O5/c1-2-26-12-16(19(28)31-20(29)21(22,23)24)18(27)15-10-13(5-6-17(15)26)4-3-9-30-14-7-8-25-11-14/h5-6,10,12,14,25H,2-4,7-9,11H2,1H3. The molecule has 0 bridgehead atoms. The smallest absolute Gasteiger partial charge is 0.382 e. The van der Waals surface area contributed by atoms with Gasteiger partial charge in [0.05, 0.1) is 11.6 Å². The highest BCUT2D eigenvalue weighted by Gasteiger charge is 2.43. The number of alkyl halides is 3. The predicted octanol–water partition coefficient (Wildman–Crippen LogP) is 2.58. The zero-order valence-corrected chi connectivity index (χ0v) is 17.0. The number of nitrogens with zero attached hydrogens (tertiary/aromatic N) is 1. The molecule has 1 aliphatic heterocycles. The fourth-order valence-corrected chi connectivity index (χ4v) is 3.50. The van der Waals surface area contributed by atoms with Crippen molar-refractivity contribution < 1.29 is 32.2 Å². The second-order valence-electron chi connectivity index (χ2n) is 7.27. The van der Waals surface area contributed by atoms with Crippen LogP contribution in [0, 0.1) is 0 Å². The Bertz CT molecular complexity index is 1030. The number of pyridine rings is 1. The van der Waals surface area contributed by atoms with E-state index in [9.17, 15) is 27.6 Å². The van der Waals surface area contributed by atoms with E-state index >= 15 is 0 Å². The van der Waals surface area contributed by atoms with Gasteiger partial charge in [0, 0.05) is 31.3 Å². The van der Waals surface area contributed by atoms with E-state index in [2.05, 4.69) is 10.1 Å². The van der Waals surface area contributed by atoms with E-state index in [0.717, 1.165) is 37.7 Å². The summed E-state index contributed by atoms with van der Waals surface area (Å²) in [5.41, 5.74) is -0.0449. The predicted molar refractivity (Wildman–Crippen MR) is 106 cm³/mol. The van der Waals surface area contributed by atoms with Crippen molar-refractivity contribution in [3.05, 3.63) is 45.7 Å². The van der Waals surface area contributed by atoms with E-state index in [4.69, 9.17) is 4.74 Å². The molecule has 1 aromatic heterocycles. The molecule has 1 saturated heterocycles. The van der Waals surface area contributed by atoms with Crippen molar-refractivity contribution in [2.24, 2.45) is 0 Å². The summed E-state index contributed by atoms with van der Waals surface area (Å²) >= 11 is 0. The number of hydrogen-bond donors (Lipinski definition) is 1. The summed E-state index contributed by atoms with van der Waals surface area (Å²) in [4.78, 5) is 35.8. The van der Waals surface area contributed by atoms with Crippen molar-refractivity contribution in [2.45, 2.75) is 45.0 Å². The fourth-order valence-electron chi connectivity index (χ4n) is 3.50. The molecule has 0 radical (unpaired) electrons. The number of rotatable bonds is 7. The topological polar surface area (TPSA) is 86.6 Å². The van der Waals surface area contributed by atoms with Crippen LogP contribution in [0.2, 0.25) is 0 Å². The Morgan fingerprint density at radius 1 is 1.29 bits per heavy atom. The second-order valence-corrected chi connectivity index (χ2v) is 7.27. The van der Waals surface area contributed by atoms with Crippen LogP contribution in [-0.2, 0) is 27.2 Å². The maximum Gasteiger partial charge on any atom is 0.491 e. The van der Waals surface area contributed by atoms with Gasteiger partial charge in [0.15, 0.2) is 0 Å². The average Bonchev–Trinajstić information content (AvgIpc) is 3.24. The molecule has 0 spiro atoms. The maximum atomic E-state index is 12.8. The number of carbonyl (C=O) groups excluding carboxylic acids is 2. The molecule has 1 atom stereocenters. The Hall–Kier alpha value is -2.72. The second kappa shape index (κ2) is 9.61. The van der Waals surface area contributed by atoms with Gasteiger partial charge in [-0.2, -0.15) is 13.2 Å². The first kappa shape index (κ1) is 23.0. The highest BCUT2D eigenvalue weighted by atomic mass is 19.4. The van der Waals surface area contributed by atoms with Crippen molar-refractivity contribution in [2.75, 3.05) is 19.7 Å². The lowest BCUT2D eigenvalue weighted by Crippen LogP contribution is -2.30. The lowest BCUT2D eigenvalue weighted by molar-refractivity contribution is -0.193. The lowest BCUT2D eigenvalue weighted by Gasteiger charge is -2.13. The fraction of sp³-hybridized carbons (Fsp3) is 0.476. The Morgan fingerprint density at radius 3 is 2.71 bits per heavy atom. The minimum absolute atomic E-state index is 0.175. The molecule has 31 heavy (non-hydrogen) atoms. The van der Waals surface area contributed by atoms with Gasteiger partial charge in [-0.3, -0.25) is 4.79 Å². The van der Waals surface area contributed by atoms with E-state index < -0.39 is 29.1 Å². The monoisotopic (exact) mass is 440 g/mol. The van der Waals surface area contributed by atoms with E-state index in [1.54, 1.807) is 23.6 Å². The van der Waals surface area contributed by atoms with Crippen LogP contribution in [0.5, 0.6) is 0 Å². The van der Waals surface area contributed by atoms with E-state index in [-0.39, 0.29) is 11.5 Å². The molecule has 7 nitrogen and oxygen atoms in total. The Kier molecular flexibility index (Phi) is 7.11. The maximum absolute atomic E-state index is 12.8. The SMILES string of the molecule is CCn1cc(C(=O)OC(=O)C(F)(F)F)c(=O)c2cc(CCCOC3CCNC3)ccc21. The third-order valence-electron chi connectivity index (χ3n) is 5.10. The van der Waals surface area contributed by atoms with Gasteiger partial charge in [-0.25, -0.2) is 9.59 Å². The van der Waals surface area contributed by atoms with Gasteiger partial charge in [-0.05, 0) is 50.4 Å². The first-order chi connectivity index (χ1) is 14.7. The average molecular weight is 440 g/mol. The van der Waals surface area contributed by atoms with Crippen molar-refractivity contribution in [1.29, 1.82) is 0 Å². The van der Waals surface area contributed by atoms with Gasteiger partial charge in [0.25, 0.3) is 0 Å². The van der Waals surface area contributed by atoms with Gasteiger partial charge >= 0.3 is 18.1 Å². The van der Waals surface area contributed by atoms with Crippen LogP contribution >= 0.6 is 0 Å². The zero-order chi connectivity index (χ0) is 22.6. The van der Waals surface area contributed by atoms with Crippen LogP contribution in [0.15, 0.2) is 29.2 Å². The molecule has 2 heterocycles. The normalized spacial score (nSPS) is 16.6. The van der Waals surface area contributed by atoms with Gasteiger partial charge in [0.1, 0.15) is 5.56 Å². The molecule has 168 valence electrons. The van der Waals surface area contributed by atoms with Gasteiger partial charge in [0.2, 0.25) is 5.43 Å². The van der Waals surface area contributed by atoms with Gasteiger partial charge in [-0.15, -0.1) is 0 Å². The van der Waals surface area contributed by atoms with Crippen LogP contribution in [0.4, 0.5) is 13.2 Å². The Labute approximate surface area is 176 Å². The van der Waals surface area contributed by atoms with Crippen molar-refractivity contribution in [1.82, 2.24) is 9.88 Å². The molecule has 0 saturated carbocycles. The molecule has 1 aliphatic rings. The number of hydrogen-bond acceptors (Lipinski definition) is 6. The van der Waals surface area contributed by atoms with Gasteiger partial charge < -0.3 is 19.4 Å².